The summed E-state index contributed by atoms with van der Waals surface area (Å²) < 4.78 is 37.1. The molecule has 1 atom stereocenters. The Bertz CT molecular complexity index is 403. The SMILES string of the molecule is OC(Cc1cccnc1N1CCCC1)C(F)(F)F. The van der Waals surface area contributed by atoms with Gasteiger partial charge in [0, 0.05) is 25.7 Å². The van der Waals surface area contributed by atoms with Crippen LogP contribution in [0.4, 0.5) is 19.0 Å². The first kappa shape index (κ1) is 13.1. The molecule has 0 radical (unpaired) electrons. The van der Waals surface area contributed by atoms with E-state index in [2.05, 4.69) is 4.98 Å². The van der Waals surface area contributed by atoms with Crippen LogP contribution in [0.5, 0.6) is 0 Å². The van der Waals surface area contributed by atoms with Crippen molar-refractivity contribution in [3.8, 4) is 0 Å². The molecule has 2 rings (SSSR count). The van der Waals surface area contributed by atoms with Crippen LogP contribution in [0.1, 0.15) is 18.4 Å². The first-order valence-electron chi connectivity index (χ1n) is 5.92. The fraction of sp³-hybridized carbons (Fsp3) is 0.583. The summed E-state index contributed by atoms with van der Waals surface area (Å²) in [7, 11) is 0. The van der Waals surface area contributed by atoms with E-state index in [1.807, 2.05) is 4.90 Å². The number of nitrogens with zero attached hydrogens (tertiary/aromatic N) is 2. The Hall–Kier alpha value is -1.30. The molecule has 1 N–H and O–H groups in total. The van der Waals surface area contributed by atoms with Crippen molar-refractivity contribution in [1.29, 1.82) is 0 Å². The molecule has 18 heavy (non-hydrogen) atoms. The van der Waals surface area contributed by atoms with Crippen molar-refractivity contribution < 1.29 is 18.3 Å². The largest absolute Gasteiger partial charge is 0.414 e. The number of hydrogen-bond donors (Lipinski definition) is 1. The maximum absolute atomic E-state index is 12.4. The lowest BCUT2D eigenvalue weighted by Gasteiger charge is -2.21. The van der Waals surface area contributed by atoms with Crippen LogP contribution in [-0.2, 0) is 6.42 Å². The Labute approximate surface area is 103 Å². The summed E-state index contributed by atoms with van der Waals surface area (Å²) in [5.74, 6) is 0.568. The molecule has 1 aromatic rings. The number of aliphatic hydroxyl groups excluding tert-OH is 1. The molecule has 0 spiro atoms. The molecule has 100 valence electrons. The molecule has 0 bridgehead atoms. The molecular formula is C12H15F3N2O. The van der Waals surface area contributed by atoms with Crippen LogP contribution < -0.4 is 4.90 Å². The van der Waals surface area contributed by atoms with Crippen molar-refractivity contribution in [3.63, 3.8) is 0 Å². The van der Waals surface area contributed by atoms with E-state index in [-0.39, 0.29) is 0 Å². The van der Waals surface area contributed by atoms with Gasteiger partial charge < -0.3 is 10.0 Å². The van der Waals surface area contributed by atoms with Gasteiger partial charge in [-0.15, -0.1) is 0 Å². The van der Waals surface area contributed by atoms with Gasteiger partial charge in [-0.1, -0.05) is 6.07 Å². The zero-order valence-electron chi connectivity index (χ0n) is 9.82. The summed E-state index contributed by atoms with van der Waals surface area (Å²) in [4.78, 5) is 6.11. The predicted molar refractivity (Wildman–Crippen MR) is 61.4 cm³/mol. The van der Waals surface area contributed by atoms with Crippen molar-refractivity contribution >= 4 is 5.82 Å². The molecule has 0 saturated carbocycles. The first-order chi connectivity index (χ1) is 8.48. The topological polar surface area (TPSA) is 36.4 Å². The summed E-state index contributed by atoms with van der Waals surface area (Å²) in [6.07, 6.45) is -3.74. The van der Waals surface area contributed by atoms with Gasteiger partial charge in [0.2, 0.25) is 0 Å². The fourth-order valence-electron chi connectivity index (χ4n) is 2.13. The number of hydrogen-bond acceptors (Lipinski definition) is 3. The van der Waals surface area contributed by atoms with E-state index in [4.69, 9.17) is 5.11 Å². The number of halogens is 3. The lowest BCUT2D eigenvalue weighted by atomic mass is 10.1. The van der Waals surface area contributed by atoms with Crippen LogP contribution in [0.15, 0.2) is 18.3 Å². The third-order valence-electron chi connectivity index (χ3n) is 3.06. The highest BCUT2D eigenvalue weighted by Crippen LogP contribution is 2.27. The molecule has 6 heteroatoms. The molecule has 0 amide bonds. The molecule has 1 saturated heterocycles. The minimum Gasteiger partial charge on any atom is -0.383 e. The van der Waals surface area contributed by atoms with E-state index >= 15 is 0 Å². The van der Waals surface area contributed by atoms with Gasteiger partial charge in [0.25, 0.3) is 0 Å². The highest BCUT2D eigenvalue weighted by atomic mass is 19.4. The second-order valence-corrected chi connectivity index (χ2v) is 4.44. The average Bonchev–Trinajstić information content (AvgIpc) is 2.82. The summed E-state index contributed by atoms with van der Waals surface area (Å²) in [5, 5.41) is 9.14. The predicted octanol–water partition coefficient (Wildman–Crippen LogP) is 2.15. The third kappa shape index (κ3) is 2.93. The van der Waals surface area contributed by atoms with E-state index in [9.17, 15) is 13.2 Å². The normalized spacial score (nSPS) is 18.1. The van der Waals surface area contributed by atoms with E-state index < -0.39 is 18.7 Å². The van der Waals surface area contributed by atoms with Crippen molar-refractivity contribution in [3.05, 3.63) is 23.9 Å². The van der Waals surface area contributed by atoms with Crippen molar-refractivity contribution in [2.24, 2.45) is 0 Å². The number of alkyl halides is 3. The quantitative estimate of drug-likeness (QED) is 0.904. The summed E-state index contributed by atoms with van der Waals surface area (Å²) in [5.41, 5.74) is 0.448. The number of pyridine rings is 1. The molecule has 0 aliphatic carbocycles. The van der Waals surface area contributed by atoms with E-state index in [0.29, 0.717) is 11.4 Å². The lowest BCUT2D eigenvalue weighted by molar-refractivity contribution is -0.203. The minimum absolute atomic E-state index is 0.441. The van der Waals surface area contributed by atoms with E-state index in [1.54, 1.807) is 18.3 Å². The zero-order chi connectivity index (χ0) is 13.2. The Morgan fingerprint density at radius 3 is 2.61 bits per heavy atom. The number of rotatable bonds is 3. The monoisotopic (exact) mass is 260 g/mol. The van der Waals surface area contributed by atoms with Crippen LogP contribution in [0.25, 0.3) is 0 Å². The minimum atomic E-state index is -4.59. The highest BCUT2D eigenvalue weighted by Gasteiger charge is 2.38. The van der Waals surface area contributed by atoms with Gasteiger partial charge in [0.1, 0.15) is 5.82 Å². The van der Waals surface area contributed by atoms with E-state index in [1.165, 1.54) is 0 Å². The summed E-state index contributed by atoms with van der Waals surface area (Å²) in [6, 6.07) is 3.19. The smallest absolute Gasteiger partial charge is 0.383 e. The molecule has 1 aromatic heterocycles. The molecule has 0 aromatic carbocycles. The van der Waals surface area contributed by atoms with Crippen molar-refractivity contribution in [2.45, 2.75) is 31.5 Å². The molecular weight excluding hydrogens is 245 g/mol. The zero-order valence-corrected chi connectivity index (χ0v) is 9.82. The van der Waals surface area contributed by atoms with Crippen molar-refractivity contribution in [1.82, 2.24) is 4.98 Å². The summed E-state index contributed by atoms with van der Waals surface area (Å²) in [6.45, 7) is 1.62. The van der Waals surface area contributed by atoms with Gasteiger partial charge in [-0.2, -0.15) is 13.2 Å². The number of aliphatic hydroxyl groups is 1. The Balaban J connectivity index is 2.17. The second-order valence-electron chi connectivity index (χ2n) is 4.44. The molecule has 1 unspecified atom stereocenters. The van der Waals surface area contributed by atoms with Gasteiger partial charge in [-0.05, 0) is 24.5 Å². The van der Waals surface area contributed by atoms with Gasteiger partial charge in [0.15, 0.2) is 6.10 Å². The summed E-state index contributed by atoms with van der Waals surface area (Å²) >= 11 is 0. The Morgan fingerprint density at radius 2 is 2.00 bits per heavy atom. The second kappa shape index (κ2) is 5.14. The lowest BCUT2D eigenvalue weighted by Crippen LogP contribution is -2.31. The molecule has 2 heterocycles. The maximum atomic E-state index is 12.4. The maximum Gasteiger partial charge on any atom is 0.414 e. The van der Waals surface area contributed by atoms with Crippen LogP contribution >= 0.6 is 0 Å². The third-order valence-corrected chi connectivity index (χ3v) is 3.06. The van der Waals surface area contributed by atoms with Crippen LogP contribution in [0, 0.1) is 0 Å². The van der Waals surface area contributed by atoms with Gasteiger partial charge in [0.05, 0.1) is 0 Å². The Kier molecular flexibility index (Phi) is 3.75. The van der Waals surface area contributed by atoms with Crippen LogP contribution in [-0.4, -0.2) is 35.5 Å². The van der Waals surface area contributed by atoms with Crippen molar-refractivity contribution in [2.75, 3.05) is 18.0 Å². The number of aromatic nitrogens is 1. The van der Waals surface area contributed by atoms with Gasteiger partial charge in [-0.25, -0.2) is 4.98 Å². The fourth-order valence-corrected chi connectivity index (χ4v) is 2.13. The molecule has 1 aliphatic heterocycles. The molecule has 1 fully saturated rings. The van der Waals surface area contributed by atoms with Gasteiger partial charge in [-0.3, -0.25) is 0 Å². The first-order valence-corrected chi connectivity index (χ1v) is 5.92. The average molecular weight is 260 g/mol. The van der Waals surface area contributed by atoms with Crippen LogP contribution in [0.3, 0.4) is 0 Å². The van der Waals surface area contributed by atoms with Crippen LogP contribution in [0.2, 0.25) is 0 Å². The van der Waals surface area contributed by atoms with Gasteiger partial charge >= 0.3 is 6.18 Å². The molecule has 3 nitrogen and oxygen atoms in total. The number of anilines is 1. The highest BCUT2D eigenvalue weighted by molar-refractivity contribution is 5.47. The standard InChI is InChI=1S/C12H15F3N2O/c13-12(14,15)10(18)8-9-4-3-5-16-11(9)17-6-1-2-7-17/h3-5,10,18H,1-2,6-8H2. The Morgan fingerprint density at radius 1 is 1.33 bits per heavy atom. The van der Waals surface area contributed by atoms with E-state index in [0.717, 1.165) is 25.9 Å². The molecule has 1 aliphatic rings.